The minimum atomic E-state index is 0. The summed E-state index contributed by atoms with van der Waals surface area (Å²) in [7, 11) is 1.60. The summed E-state index contributed by atoms with van der Waals surface area (Å²) >= 11 is 0. The van der Waals surface area contributed by atoms with Gasteiger partial charge in [-0.25, -0.2) is 0 Å². The van der Waals surface area contributed by atoms with Crippen LogP contribution in [0.25, 0.3) is 0 Å². The second-order valence-corrected chi connectivity index (χ2v) is 3.08. The van der Waals surface area contributed by atoms with E-state index in [0.29, 0.717) is 11.4 Å². The van der Waals surface area contributed by atoms with Crippen LogP contribution in [0, 0.1) is 0 Å². The molecule has 0 unspecified atom stereocenters. The Morgan fingerprint density at radius 3 is 2.36 bits per heavy atom. The van der Waals surface area contributed by atoms with E-state index in [-0.39, 0.29) is 18.5 Å². The van der Waals surface area contributed by atoms with E-state index in [1.807, 2.05) is 19.9 Å². The Labute approximate surface area is 90.6 Å². The van der Waals surface area contributed by atoms with Crippen molar-refractivity contribution in [2.75, 3.05) is 12.8 Å². The fourth-order valence-corrected chi connectivity index (χ4v) is 1.04. The average Bonchev–Trinajstić information content (AvgIpc) is 2.07. The first-order valence-corrected chi connectivity index (χ1v) is 4.23. The van der Waals surface area contributed by atoms with Crippen molar-refractivity contribution in [3.8, 4) is 11.5 Å². The molecule has 80 valence electrons. The molecule has 1 rings (SSSR count). The van der Waals surface area contributed by atoms with Gasteiger partial charge in [0, 0.05) is 11.8 Å². The zero-order valence-corrected chi connectivity index (χ0v) is 9.34. The maximum atomic E-state index is 5.60. The summed E-state index contributed by atoms with van der Waals surface area (Å²) in [5, 5.41) is 0. The van der Waals surface area contributed by atoms with Crippen LogP contribution in [0.1, 0.15) is 13.8 Å². The maximum absolute atomic E-state index is 5.60. The molecule has 0 aliphatic carbocycles. The largest absolute Gasteiger partial charge is 1.00 e. The molecule has 0 saturated carbocycles. The summed E-state index contributed by atoms with van der Waals surface area (Å²) in [5.74, 6) is 1.40. The van der Waals surface area contributed by atoms with Crippen molar-refractivity contribution in [1.82, 2.24) is 0 Å². The monoisotopic (exact) mass is 216 g/mol. The third-order valence-corrected chi connectivity index (χ3v) is 1.55. The molecule has 0 aliphatic heterocycles. The molecule has 0 aromatic heterocycles. The number of methoxy groups -OCH3 is 1. The zero-order chi connectivity index (χ0) is 9.84. The van der Waals surface area contributed by atoms with E-state index in [4.69, 9.17) is 15.2 Å². The van der Waals surface area contributed by atoms with Gasteiger partial charge in [-0.05, 0) is 26.0 Å². The van der Waals surface area contributed by atoms with Crippen LogP contribution in [0.5, 0.6) is 11.5 Å². The van der Waals surface area contributed by atoms with Crippen molar-refractivity contribution in [1.29, 1.82) is 0 Å². The highest BCUT2D eigenvalue weighted by Gasteiger charge is 2.05. The molecule has 0 radical (unpaired) electrons. The van der Waals surface area contributed by atoms with Crippen LogP contribution < -0.4 is 27.6 Å². The molecule has 0 aliphatic rings. The third kappa shape index (κ3) is 3.34. The predicted molar refractivity (Wildman–Crippen MR) is 53.2 cm³/mol. The topological polar surface area (TPSA) is 44.5 Å². The van der Waals surface area contributed by atoms with E-state index in [1.54, 1.807) is 19.2 Å². The number of benzene rings is 1. The highest BCUT2D eigenvalue weighted by molar-refractivity contribution is 5.51. The van der Waals surface area contributed by atoms with Crippen LogP contribution >= 0.6 is 0 Å². The second-order valence-electron chi connectivity index (χ2n) is 3.08. The highest BCUT2D eigenvalue weighted by atomic mass is 35.5. The molecule has 1 aromatic rings. The van der Waals surface area contributed by atoms with Gasteiger partial charge < -0.3 is 27.6 Å². The molecule has 0 spiro atoms. The Bertz CT molecular complexity index is 289. The van der Waals surface area contributed by atoms with Gasteiger partial charge in [0.2, 0.25) is 0 Å². The number of hydrogen-bond donors (Lipinski definition) is 1. The molecule has 0 bridgehead atoms. The normalized spacial score (nSPS) is 9.43. The molecular formula is C10H15ClNO2-. The van der Waals surface area contributed by atoms with E-state index in [1.165, 1.54) is 0 Å². The molecule has 0 amide bonds. The molecular weight excluding hydrogens is 202 g/mol. The van der Waals surface area contributed by atoms with Gasteiger partial charge in [-0.2, -0.15) is 0 Å². The van der Waals surface area contributed by atoms with Gasteiger partial charge in [0.15, 0.2) is 11.5 Å². The van der Waals surface area contributed by atoms with Crippen molar-refractivity contribution < 1.29 is 21.9 Å². The SMILES string of the molecule is COc1cc(N)ccc1OC(C)C.[Cl-]. The van der Waals surface area contributed by atoms with Crippen molar-refractivity contribution in [2.24, 2.45) is 0 Å². The predicted octanol–water partition coefficient (Wildman–Crippen LogP) is -0.931. The standard InChI is InChI=1S/C10H15NO2.ClH/c1-7(2)13-9-5-4-8(11)6-10(9)12-3;/h4-7H,11H2,1-3H3;1H/p-1. The summed E-state index contributed by atoms with van der Waals surface area (Å²) in [6.07, 6.45) is 0.137. The van der Waals surface area contributed by atoms with Crippen LogP contribution in [0.3, 0.4) is 0 Å². The van der Waals surface area contributed by atoms with Gasteiger partial charge >= 0.3 is 0 Å². The number of hydrogen-bond acceptors (Lipinski definition) is 3. The fourth-order valence-electron chi connectivity index (χ4n) is 1.04. The first-order chi connectivity index (χ1) is 6.13. The van der Waals surface area contributed by atoms with E-state index < -0.39 is 0 Å². The molecule has 4 heteroatoms. The zero-order valence-electron chi connectivity index (χ0n) is 8.58. The lowest BCUT2D eigenvalue weighted by molar-refractivity contribution is -0.00000417. The number of nitrogens with two attached hydrogens (primary N) is 1. The molecule has 3 nitrogen and oxygen atoms in total. The molecule has 14 heavy (non-hydrogen) atoms. The molecule has 0 saturated heterocycles. The van der Waals surface area contributed by atoms with Crippen molar-refractivity contribution in [3.63, 3.8) is 0 Å². The van der Waals surface area contributed by atoms with E-state index in [0.717, 1.165) is 5.75 Å². The van der Waals surface area contributed by atoms with Crippen LogP contribution in [0.15, 0.2) is 18.2 Å². The lowest BCUT2D eigenvalue weighted by atomic mass is 10.3. The Kier molecular flexibility index (Phi) is 5.16. The van der Waals surface area contributed by atoms with Crippen molar-refractivity contribution in [2.45, 2.75) is 20.0 Å². The maximum Gasteiger partial charge on any atom is 0.162 e. The van der Waals surface area contributed by atoms with Gasteiger partial charge in [0.1, 0.15) is 0 Å². The number of rotatable bonds is 3. The summed E-state index contributed by atoms with van der Waals surface area (Å²) < 4.78 is 10.6. The Balaban J connectivity index is 0.00000169. The number of anilines is 1. The van der Waals surface area contributed by atoms with Crippen molar-refractivity contribution in [3.05, 3.63) is 18.2 Å². The van der Waals surface area contributed by atoms with Crippen molar-refractivity contribution >= 4 is 5.69 Å². The van der Waals surface area contributed by atoms with E-state index >= 15 is 0 Å². The summed E-state index contributed by atoms with van der Waals surface area (Å²) in [4.78, 5) is 0. The van der Waals surface area contributed by atoms with Gasteiger partial charge in [-0.1, -0.05) is 0 Å². The fraction of sp³-hybridized carbons (Fsp3) is 0.400. The molecule has 0 fully saturated rings. The smallest absolute Gasteiger partial charge is 0.162 e. The quantitative estimate of drug-likeness (QED) is 0.664. The Morgan fingerprint density at radius 2 is 1.86 bits per heavy atom. The van der Waals surface area contributed by atoms with Gasteiger partial charge in [0.25, 0.3) is 0 Å². The van der Waals surface area contributed by atoms with Crippen LogP contribution in [-0.2, 0) is 0 Å². The third-order valence-electron chi connectivity index (χ3n) is 1.55. The van der Waals surface area contributed by atoms with Gasteiger partial charge in [-0.3, -0.25) is 0 Å². The lowest BCUT2D eigenvalue weighted by Gasteiger charge is -2.13. The van der Waals surface area contributed by atoms with Crippen LogP contribution in [-0.4, -0.2) is 13.2 Å². The average molecular weight is 217 g/mol. The first-order valence-electron chi connectivity index (χ1n) is 4.23. The van der Waals surface area contributed by atoms with Gasteiger partial charge in [-0.15, -0.1) is 0 Å². The number of halogens is 1. The summed E-state index contributed by atoms with van der Waals surface area (Å²) in [6, 6.07) is 5.35. The van der Waals surface area contributed by atoms with E-state index in [9.17, 15) is 0 Å². The molecule has 0 heterocycles. The molecule has 1 aromatic carbocycles. The van der Waals surface area contributed by atoms with Crippen LogP contribution in [0.4, 0.5) is 5.69 Å². The second kappa shape index (κ2) is 5.60. The summed E-state index contributed by atoms with van der Waals surface area (Å²) in [5.41, 5.74) is 6.27. The Hall–Kier alpha value is -1.09. The number of ether oxygens (including phenoxy) is 2. The number of nitrogen functional groups attached to an aromatic ring is 1. The molecule has 2 N–H and O–H groups in total. The van der Waals surface area contributed by atoms with E-state index in [2.05, 4.69) is 0 Å². The molecule has 0 atom stereocenters. The minimum absolute atomic E-state index is 0. The minimum Gasteiger partial charge on any atom is -1.00 e. The lowest BCUT2D eigenvalue weighted by Crippen LogP contribution is -3.00. The highest BCUT2D eigenvalue weighted by Crippen LogP contribution is 2.29. The van der Waals surface area contributed by atoms with Gasteiger partial charge in [0.05, 0.1) is 13.2 Å². The Morgan fingerprint density at radius 1 is 1.21 bits per heavy atom. The first kappa shape index (κ1) is 12.9. The summed E-state index contributed by atoms with van der Waals surface area (Å²) in [6.45, 7) is 3.94. The van der Waals surface area contributed by atoms with Crippen LogP contribution in [0.2, 0.25) is 0 Å².